The summed E-state index contributed by atoms with van der Waals surface area (Å²) in [6, 6.07) is 9.24. The molecule has 1 rings (SSSR count). The molecule has 0 amide bonds. The Labute approximate surface area is 99.5 Å². The van der Waals surface area contributed by atoms with Crippen LogP contribution in [0.2, 0.25) is 0 Å². The Morgan fingerprint density at radius 1 is 1.25 bits per heavy atom. The smallest absolute Gasteiger partial charge is 0.0236 e. The maximum absolute atomic E-state index is 5.63. The molecule has 0 saturated heterocycles. The normalized spacial score (nSPS) is 13.1. The van der Waals surface area contributed by atoms with Crippen LogP contribution < -0.4 is 5.73 Å². The van der Waals surface area contributed by atoms with E-state index in [1.54, 1.807) is 0 Å². The average molecular weight is 220 g/mol. The van der Waals surface area contributed by atoms with Crippen molar-refractivity contribution in [1.82, 2.24) is 4.90 Å². The predicted octanol–water partition coefficient (Wildman–Crippen LogP) is 2.42. The summed E-state index contributed by atoms with van der Waals surface area (Å²) in [5.74, 6) is 0. The fourth-order valence-electron chi connectivity index (χ4n) is 1.85. The summed E-state index contributed by atoms with van der Waals surface area (Å²) in [6.45, 7) is 6.24. The third kappa shape index (κ3) is 3.62. The van der Waals surface area contributed by atoms with Crippen LogP contribution in [-0.2, 0) is 13.0 Å². The van der Waals surface area contributed by atoms with Crippen LogP contribution in [0.25, 0.3) is 0 Å². The van der Waals surface area contributed by atoms with Crippen molar-refractivity contribution in [2.24, 2.45) is 5.73 Å². The van der Waals surface area contributed by atoms with Crippen LogP contribution in [0.5, 0.6) is 0 Å². The Hall–Kier alpha value is -0.860. The van der Waals surface area contributed by atoms with E-state index in [0.29, 0.717) is 6.04 Å². The maximum Gasteiger partial charge on any atom is 0.0236 e. The first kappa shape index (κ1) is 13.2. The molecule has 1 aromatic carbocycles. The molecule has 2 N–H and O–H groups in total. The van der Waals surface area contributed by atoms with E-state index in [4.69, 9.17) is 5.73 Å². The predicted molar refractivity (Wildman–Crippen MR) is 70.4 cm³/mol. The van der Waals surface area contributed by atoms with Crippen LogP contribution in [-0.4, -0.2) is 24.5 Å². The maximum atomic E-state index is 5.63. The molecule has 90 valence electrons. The minimum Gasteiger partial charge on any atom is -0.330 e. The molecule has 0 aliphatic carbocycles. The summed E-state index contributed by atoms with van der Waals surface area (Å²) in [7, 11) is 2.19. The highest BCUT2D eigenvalue weighted by Gasteiger charge is 2.09. The molecule has 0 aliphatic rings. The lowest BCUT2D eigenvalue weighted by Crippen LogP contribution is -2.28. The van der Waals surface area contributed by atoms with Crippen molar-refractivity contribution in [3.8, 4) is 0 Å². The van der Waals surface area contributed by atoms with E-state index in [2.05, 4.69) is 50.1 Å². The van der Waals surface area contributed by atoms with Gasteiger partial charge in [0.25, 0.3) is 0 Å². The molecule has 0 aliphatic heterocycles. The Balaban J connectivity index is 2.71. The molecule has 0 saturated carbocycles. The lowest BCUT2D eigenvalue weighted by atomic mass is 10.0. The fourth-order valence-corrected chi connectivity index (χ4v) is 1.85. The minimum absolute atomic E-state index is 0.630. The highest BCUT2D eigenvalue weighted by molar-refractivity contribution is 5.27. The van der Waals surface area contributed by atoms with Crippen molar-refractivity contribution in [3.05, 3.63) is 35.4 Å². The summed E-state index contributed by atoms with van der Waals surface area (Å²) in [4.78, 5) is 2.40. The van der Waals surface area contributed by atoms with Gasteiger partial charge in [0.15, 0.2) is 0 Å². The van der Waals surface area contributed by atoms with Crippen LogP contribution in [0.4, 0.5) is 0 Å². The van der Waals surface area contributed by atoms with Crippen LogP contribution in [0, 0.1) is 0 Å². The van der Waals surface area contributed by atoms with Crippen molar-refractivity contribution in [1.29, 1.82) is 0 Å². The monoisotopic (exact) mass is 220 g/mol. The SMILES string of the molecule is CCC(C)N(C)Cc1ccccc1CCN. The van der Waals surface area contributed by atoms with Gasteiger partial charge in [0, 0.05) is 12.6 Å². The first-order valence-electron chi connectivity index (χ1n) is 6.16. The molecular formula is C14H24N2. The number of hydrogen-bond donors (Lipinski definition) is 1. The third-order valence-electron chi connectivity index (χ3n) is 3.30. The van der Waals surface area contributed by atoms with E-state index < -0.39 is 0 Å². The molecular weight excluding hydrogens is 196 g/mol. The van der Waals surface area contributed by atoms with Crippen molar-refractivity contribution >= 4 is 0 Å². The second kappa shape index (κ2) is 6.66. The van der Waals surface area contributed by atoms with Gasteiger partial charge in [-0.2, -0.15) is 0 Å². The van der Waals surface area contributed by atoms with Crippen LogP contribution in [0.1, 0.15) is 31.4 Å². The van der Waals surface area contributed by atoms with E-state index in [1.165, 1.54) is 17.5 Å². The molecule has 0 heterocycles. The highest BCUT2D eigenvalue weighted by Crippen LogP contribution is 2.13. The second-order valence-electron chi connectivity index (χ2n) is 4.48. The number of nitrogens with two attached hydrogens (primary N) is 1. The Bertz CT molecular complexity index is 309. The van der Waals surface area contributed by atoms with Gasteiger partial charge in [0.1, 0.15) is 0 Å². The summed E-state index contributed by atoms with van der Waals surface area (Å²) in [5.41, 5.74) is 8.43. The molecule has 0 bridgehead atoms. The minimum atomic E-state index is 0.630. The lowest BCUT2D eigenvalue weighted by molar-refractivity contribution is 0.243. The zero-order valence-electron chi connectivity index (χ0n) is 10.7. The molecule has 1 unspecified atom stereocenters. The number of rotatable bonds is 6. The van der Waals surface area contributed by atoms with E-state index in [-0.39, 0.29) is 0 Å². The number of benzene rings is 1. The Morgan fingerprint density at radius 3 is 2.44 bits per heavy atom. The van der Waals surface area contributed by atoms with Crippen LogP contribution in [0.3, 0.4) is 0 Å². The van der Waals surface area contributed by atoms with Gasteiger partial charge in [-0.25, -0.2) is 0 Å². The summed E-state index contributed by atoms with van der Waals surface area (Å²) >= 11 is 0. The van der Waals surface area contributed by atoms with Gasteiger partial charge < -0.3 is 5.73 Å². The topological polar surface area (TPSA) is 29.3 Å². The van der Waals surface area contributed by atoms with E-state index >= 15 is 0 Å². The van der Waals surface area contributed by atoms with Crippen molar-refractivity contribution in [2.45, 2.75) is 39.3 Å². The number of hydrogen-bond acceptors (Lipinski definition) is 2. The molecule has 0 aromatic heterocycles. The van der Waals surface area contributed by atoms with Gasteiger partial charge in [0.2, 0.25) is 0 Å². The van der Waals surface area contributed by atoms with Gasteiger partial charge in [-0.15, -0.1) is 0 Å². The van der Waals surface area contributed by atoms with Gasteiger partial charge >= 0.3 is 0 Å². The Morgan fingerprint density at radius 2 is 1.88 bits per heavy atom. The highest BCUT2D eigenvalue weighted by atomic mass is 15.1. The van der Waals surface area contributed by atoms with Crippen molar-refractivity contribution in [3.63, 3.8) is 0 Å². The second-order valence-corrected chi connectivity index (χ2v) is 4.48. The molecule has 2 heteroatoms. The Kier molecular flexibility index (Phi) is 5.50. The van der Waals surface area contributed by atoms with Gasteiger partial charge in [0.05, 0.1) is 0 Å². The summed E-state index contributed by atoms with van der Waals surface area (Å²) < 4.78 is 0. The standard InChI is InChI=1S/C14H24N2/c1-4-12(2)16(3)11-14-8-6-5-7-13(14)9-10-15/h5-8,12H,4,9-11,15H2,1-3H3. The molecule has 0 radical (unpaired) electrons. The zero-order valence-corrected chi connectivity index (χ0v) is 10.7. The van der Waals surface area contributed by atoms with E-state index in [0.717, 1.165) is 19.5 Å². The number of nitrogens with zero attached hydrogens (tertiary/aromatic N) is 1. The van der Waals surface area contributed by atoms with Gasteiger partial charge in [-0.05, 0) is 44.5 Å². The van der Waals surface area contributed by atoms with Gasteiger partial charge in [-0.3, -0.25) is 4.90 Å². The van der Waals surface area contributed by atoms with Gasteiger partial charge in [-0.1, -0.05) is 31.2 Å². The lowest BCUT2D eigenvalue weighted by Gasteiger charge is -2.24. The quantitative estimate of drug-likeness (QED) is 0.797. The zero-order chi connectivity index (χ0) is 12.0. The molecule has 1 aromatic rings. The first-order chi connectivity index (χ1) is 7.69. The van der Waals surface area contributed by atoms with Crippen LogP contribution in [0.15, 0.2) is 24.3 Å². The average Bonchev–Trinajstić information content (AvgIpc) is 2.31. The molecule has 0 fully saturated rings. The van der Waals surface area contributed by atoms with Crippen molar-refractivity contribution in [2.75, 3.05) is 13.6 Å². The molecule has 1 atom stereocenters. The first-order valence-corrected chi connectivity index (χ1v) is 6.16. The fraction of sp³-hybridized carbons (Fsp3) is 0.571. The third-order valence-corrected chi connectivity index (χ3v) is 3.30. The summed E-state index contributed by atoms with van der Waals surface area (Å²) in [6.07, 6.45) is 2.17. The van der Waals surface area contributed by atoms with Crippen molar-refractivity contribution < 1.29 is 0 Å². The molecule has 16 heavy (non-hydrogen) atoms. The summed E-state index contributed by atoms with van der Waals surface area (Å²) in [5, 5.41) is 0. The van der Waals surface area contributed by atoms with E-state index in [1.807, 2.05) is 0 Å². The molecule has 2 nitrogen and oxygen atoms in total. The van der Waals surface area contributed by atoms with Crippen LogP contribution >= 0.6 is 0 Å². The largest absolute Gasteiger partial charge is 0.330 e. The molecule has 0 spiro atoms. The van der Waals surface area contributed by atoms with E-state index in [9.17, 15) is 0 Å².